The molecule has 1 aliphatic heterocycles. The highest BCUT2D eigenvalue weighted by Crippen LogP contribution is 2.57. The van der Waals surface area contributed by atoms with Gasteiger partial charge in [0.05, 0.1) is 11.4 Å². The lowest BCUT2D eigenvalue weighted by molar-refractivity contribution is 1.45. The van der Waals surface area contributed by atoms with Gasteiger partial charge in [0, 0.05) is 11.0 Å². The van der Waals surface area contributed by atoms with E-state index in [1.807, 2.05) is 0 Å². The number of rotatable bonds is 3. The SMILES string of the molecule is c1ccc(-c2ccc(N3c4ccccc4NP3c3ccccc3)cc2)cc1. The highest BCUT2D eigenvalue weighted by molar-refractivity contribution is 7.69. The van der Waals surface area contributed by atoms with Crippen LogP contribution in [0.4, 0.5) is 17.1 Å². The van der Waals surface area contributed by atoms with E-state index in [4.69, 9.17) is 0 Å². The van der Waals surface area contributed by atoms with Crippen molar-refractivity contribution in [1.29, 1.82) is 0 Å². The van der Waals surface area contributed by atoms with Crippen LogP contribution < -0.4 is 15.1 Å². The van der Waals surface area contributed by atoms with Crippen LogP contribution in [0.5, 0.6) is 0 Å². The van der Waals surface area contributed by atoms with E-state index in [1.54, 1.807) is 0 Å². The molecule has 0 saturated heterocycles. The van der Waals surface area contributed by atoms with Gasteiger partial charge in [-0.1, -0.05) is 84.9 Å². The van der Waals surface area contributed by atoms with Gasteiger partial charge in [-0.2, -0.15) is 0 Å². The van der Waals surface area contributed by atoms with Gasteiger partial charge in [-0.3, -0.25) is 4.67 Å². The Morgan fingerprint density at radius 2 is 1.15 bits per heavy atom. The van der Waals surface area contributed by atoms with Gasteiger partial charge in [-0.25, -0.2) is 0 Å². The molecule has 27 heavy (non-hydrogen) atoms. The van der Waals surface area contributed by atoms with Gasteiger partial charge in [-0.15, -0.1) is 0 Å². The Bertz CT molecular complexity index is 1050. The molecule has 3 heteroatoms. The molecule has 0 amide bonds. The zero-order valence-corrected chi connectivity index (χ0v) is 15.7. The van der Waals surface area contributed by atoms with E-state index in [1.165, 1.54) is 33.5 Å². The first-order valence-electron chi connectivity index (χ1n) is 9.06. The van der Waals surface area contributed by atoms with E-state index in [9.17, 15) is 0 Å². The second-order valence-electron chi connectivity index (χ2n) is 6.50. The van der Waals surface area contributed by atoms with Crippen molar-refractivity contribution in [3.63, 3.8) is 0 Å². The normalized spacial score (nSPS) is 15.3. The molecule has 0 aromatic heterocycles. The highest BCUT2D eigenvalue weighted by Gasteiger charge is 2.31. The third-order valence-corrected chi connectivity index (χ3v) is 6.86. The van der Waals surface area contributed by atoms with Crippen LogP contribution in [0.25, 0.3) is 11.1 Å². The van der Waals surface area contributed by atoms with Crippen LogP contribution in [0, 0.1) is 0 Å². The number of nitrogens with one attached hydrogen (secondary N) is 1. The molecule has 1 atom stereocenters. The Kier molecular flexibility index (Phi) is 4.12. The number of hydrogen-bond donors (Lipinski definition) is 1. The molecule has 0 radical (unpaired) electrons. The van der Waals surface area contributed by atoms with E-state index in [0.717, 1.165) is 0 Å². The van der Waals surface area contributed by atoms with Crippen molar-refractivity contribution in [3.8, 4) is 11.1 Å². The topological polar surface area (TPSA) is 15.3 Å². The van der Waals surface area contributed by atoms with Gasteiger partial charge in [-0.05, 0) is 35.4 Å². The molecular weight excluding hydrogens is 347 g/mol. The summed E-state index contributed by atoms with van der Waals surface area (Å²) in [6.45, 7) is 0. The van der Waals surface area contributed by atoms with E-state index in [2.05, 4.69) is 119 Å². The minimum absolute atomic E-state index is 0.687. The average molecular weight is 366 g/mol. The number of nitrogens with zero attached hydrogens (tertiary/aromatic N) is 1. The number of hydrogen-bond acceptors (Lipinski definition) is 2. The lowest BCUT2D eigenvalue weighted by Gasteiger charge is -2.26. The number of benzene rings is 4. The minimum Gasteiger partial charge on any atom is -0.342 e. The Balaban J connectivity index is 1.56. The van der Waals surface area contributed by atoms with Crippen LogP contribution in [0.15, 0.2) is 109 Å². The summed E-state index contributed by atoms with van der Waals surface area (Å²) in [4.78, 5) is 0. The van der Waals surface area contributed by atoms with E-state index >= 15 is 0 Å². The maximum absolute atomic E-state index is 3.74. The quantitative estimate of drug-likeness (QED) is 0.413. The second-order valence-corrected chi connectivity index (χ2v) is 8.26. The molecule has 0 saturated carbocycles. The summed E-state index contributed by atoms with van der Waals surface area (Å²) in [7, 11) is -0.687. The third kappa shape index (κ3) is 2.99. The molecule has 1 unspecified atom stereocenters. The van der Waals surface area contributed by atoms with Gasteiger partial charge in [0.2, 0.25) is 0 Å². The summed E-state index contributed by atoms with van der Waals surface area (Å²) in [5, 5.41) is 5.05. The van der Waals surface area contributed by atoms with Gasteiger partial charge in [0.15, 0.2) is 0 Å². The Morgan fingerprint density at radius 1 is 0.556 bits per heavy atom. The summed E-state index contributed by atoms with van der Waals surface area (Å²) in [6, 6.07) is 38.6. The monoisotopic (exact) mass is 366 g/mol. The van der Waals surface area contributed by atoms with Crippen LogP contribution in [-0.4, -0.2) is 0 Å². The molecule has 1 N–H and O–H groups in total. The van der Waals surface area contributed by atoms with Crippen molar-refractivity contribution in [2.24, 2.45) is 0 Å². The average Bonchev–Trinajstić information content (AvgIpc) is 3.15. The smallest absolute Gasteiger partial charge is 0.131 e. The van der Waals surface area contributed by atoms with Crippen molar-refractivity contribution in [2.75, 3.05) is 9.76 Å². The zero-order valence-electron chi connectivity index (χ0n) is 14.8. The van der Waals surface area contributed by atoms with Gasteiger partial charge < -0.3 is 5.09 Å². The number of para-hydroxylation sites is 2. The summed E-state index contributed by atoms with van der Waals surface area (Å²) in [6.07, 6.45) is 0. The second kappa shape index (κ2) is 6.90. The minimum atomic E-state index is -0.687. The van der Waals surface area contributed by atoms with E-state index < -0.39 is 8.22 Å². The van der Waals surface area contributed by atoms with Crippen LogP contribution >= 0.6 is 8.22 Å². The van der Waals surface area contributed by atoms with Crippen LogP contribution in [0.3, 0.4) is 0 Å². The zero-order chi connectivity index (χ0) is 18.1. The largest absolute Gasteiger partial charge is 0.342 e. The van der Waals surface area contributed by atoms with E-state index in [0.29, 0.717) is 0 Å². The fourth-order valence-corrected chi connectivity index (χ4v) is 5.54. The molecule has 2 nitrogen and oxygen atoms in total. The Morgan fingerprint density at radius 3 is 1.89 bits per heavy atom. The molecule has 4 aromatic carbocycles. The molecule has 0 spiro atoms. The molecule has 1 aliphatic rings. The fourth-order valence-electron chi connectivity index (χ4n) is 3.45. The van der Waals surface area contributed by atoms with Crippen LogP contribution in [0.1, 0.15) is 0 Å². The molecular formula is C24H19N2P. The van der Waals surface area contributed by atoms with Crippen LogP contribution in [0.2, 0.25) is 0 Å². The maximum atomic E-state index is 3.74. The fraction of sp³-hybridized carbons (Fsp3) is 0. The lowest BCUT2D eigenvalue weighted by Crippen LogP contribution is -2.16. The van der Waals surface area contributed by atoms with Gasteiger partial charge in [0.1, 0.15) is 8.22 Å². The molecule has 4 aromatic rings. The van der Waals surface area contributed by atoms with Crippen LogP contribution in [-0.2, 0) is 0 Å². The first-order chi connectivity index (χ1) is 13.4. The van der Waals surface area contributed by atoms with Crippen molar-refractivity contribution in [1.82, 2.24) is 0 Å². The molecule has 130 valence electrons. The van der Waals surface area contributed by atoms with Crippen molar-refractivity contribution < 1.29 is 0 Å². The van der Waals surface area contributed by atoms with E-state index in [-0.39, 0.29) is 0 Å². The third-order valence-electron chi connectivity index (χ3n) is 4.78. The first kappa shape index (κ1) is 16.1. The lowest BCUT2D eigenvalue weighted by atomic mass is 10.1. The molecule has 0 aliphatic carbocycles. The maximum Gasteiger partial charge on any atom is 0.131 e. The summed E-state index contributed by atoms with van der Waals surface area (Å²) in [5.41, 5.74) is 6.12. The van der Waals surface area contributed by atoms with Gasteiger partial charge >= 0.3 is 0 Å². The first-order valence-corrected chi connectivity index (χ1v) is 10.4. The summed E-state index contributed by atoms with van der Waals surface area (Å²) < 4.78 is 2.44. The number of anilines is 3. The molecule has 0 fully saturated rings. The highest BCUT2D eigenvalue weighted by atomic mass is 31.1. The molecule has 5 rings (SSSR count). The standard InChI is InChI=1S/C24H19N2P/c1-3-9-19(10-4-1)20-15-17-21(18-16-20)26-24-14-8-7-13-23(24)25-27(26)22-11-5-2-6-12-22/h1-18,25H. The van der Waals surface area contributed by atoms with Crippen molar-refractivity contribution >= 4 is 30.6 Å². The molecule has 1 heterocycles. The summed E-state index contributed by atoms with van der Waals surface area (Å²) in [5.74, 6) is 0. The molecule has 0 bridgehead atoms. The predicted molar refractivity (Wildman–Crippen MR) is 117 cm³/mol. The van der Waals surface area contributed by atoms with Gasteiger partial charge in [0.25, 0.3) is 0 Å². The van der Waals surface area contributed by atoms with Crippen molar-refractivity contribution in [3.05, 3.63) is 109 Å². The predicted octanol–water partition coefficient (Wildman–Crippen LogP) is 6.55. The Labute approximate surface area is 161 Å². The Hall–Kier alpha value is -3.09. The summed E-state index contributed by atoms with van der Waals surface area (Å²) >= 11 is 0. The van der Waals surface area contributed by atoms with Crippen molar-refractivity contribution in [2.45, 2.75) is 0 Å². The number of fused-ring (bicyclic) bond motifs is 1.